The van der Waals surface area contributed by atoms with Crippen LogP contribution in [0.4, 0.5) is 8.78 Å². The second-order valence-corrected chi connectivity index (χ2v) is 8.11. The summed E-state index contributed by atoms with van der Waals surface area (Å²) >= 11 is 12.6. The molecule has 1 fully saturated rings. The minimum absolute atomic E-state index is 0.0198. The molecule has 1 aliphatic carbocycles. The standard InChI is InChI=1S/C20H20Cl2F2N2O/c21-11-4-17-16(18(22)5-11)9-19(26-3-1-2-14(25)10-26)20(17)27-15-7-12(23)6-13(24)8-15/h4-8,14,19-20H,1-3,9-10,25H2/t14-,19+,20+/m1/s1. The molecule has 0 bridgehead atoms. The van der Waals surface area contributed by atoms with Gasteiger partial charge in [0, 0.05) is 46.4 Å². The zero-order valence-electron chi connectivity index (χ0n) is 14.6. The molecule has 1 aliphatic heterocycles. The number of nitrogens with zero attached hydrogens (tertiary/aromatic N) is 1. The van der Waals surface area contributed by atoms with Crippen molar-refractivity contribution in [3.8, 4) is 5.75 Å². The largest absolute Gasteiger partial charge is 0.484 e. The molecule has 2 aromatic rings. The van der Waals surface area contributed by atoms with Gasteiger partial charge in [-0.05, 0) is 43.5 Å². The first-order chi connectivity index (χ1) is 12.9. The lowest BCUT2D eigenvalue weighted by molar-refractivity contribution is 0.0589. The predicted molar refractivity (Wildman–Crippen MR) is 102 cm³/mol. The van der Waals surface area contributed by atoms with Gasteiger partial charge in [0.05, 0.1) is 6.04 Å². The van der Waals surface area contributed by atoms with Crippen molar-refractivity contribution in [2.75, 3.05) is 13.1 Å². The summed E-state index contributed by atoms with van der Waals surface area (Å²) in [6.07, 6.45) is 2.25. The topological polar surface area (TPSA) is 38.5 Å². The second-order valence-electron chi connectivity index (χ2n) is 7.27. The van der Waals surface area contributed by atoms with Crippen LogP contribution in [0, 0.1) is 11.6 Å². The van der Waals surface area contributed by atoms with Gasteiger partial charge in [0.15, 0.2) is 0 Å². The molecule has 2 N–H and O–H groups in total. The number of ether oxygens (including phenoxy) is 1. The molecule has 1 saturated heterocycles. The lowest BCUT2D eigenvalue weighted by Gasteiger charge is -2.38. The molecule has 0 radical (unpaired) electrons. The normalized spacial score (nSPS) is 25.4. The van der Waals surface area contributed by atoms with Crippen LogP contribution in [0.5, 0.6) is 5.75 Å². The highest BCUT2D eigenvalue weighted by Gasteiger charge is 2.40. The number of hydrogen-bond donors (Lipinski definition) is 1. The van der Waals surface area contributed by atoms with E-state index < -0.39 is 17.7 Å². The molecular formula is C20H20Cl2F2N2O. The zero-order valence-corrected chi connectivity index (χ0v) is 16.1. The lowest BCUT2D eigenvalue weighted by Crippen LogP contribution is -2.49. The molecule has 1 heterocycles. The lowest BCUT2D eigenvalue weighted by atomic mass is 10.0. The van der Waals surface area contributed by atoms with Crippen molar-refractivity contribution in [1.29, 1.82) is 0 Å². The van der Waals surface area contributed by atoms with E-state index >= 15 is 0 Å². The number of hydrogen-bond acceptors (Lipinski definition) is 3. The van der Waals surface area contributed by atoms with Crippen LogP contribution in [0.2, 0.25) is 10.0 Å². The second kappa shape index (κ2) is 7.55. The molecule has 3 atom stereocenters. The summed E-state index contributed by atoms with van der Waals surface area (Å²) < 4.78 is 33.4. The van der Waals surface area contributed by atoms with Gasteiger partial charge in [-0.15, -0.1) is 0 Å². The molecule has 7 heteroatoms. The molecule has 0 amide bonds. The summed E-state index contributed by atoms with van der Waals surface area (Å²) in [5.41, 5.74) is 7.99. The van der Waals surface area contributed by atoms with Crippen molar-refractivity contribution >= 4 is 23.2 Å². The molecule has 0 saturated carbocycles. The van der Waals surface area contributed by atoms with E-state index in [1.807, 2.05) is 6.07 Å². The summed E-state index contributed by atoms with van der Waals surface area (Å²) in [6.45, 7) is 1.65. The van der Waals surface area contributed by atoms with Crippen molar-refractivity contribution in [2.45, 2.75) is 37.5 Å². The first-order valence-corrected chi connectivity index (χ1v) is 9.76. The third kappa shape index (κ3) is 3.92. The molecule has 2 aliphatic rings. The first-order valence-electron chi connectivity index (χ1n) is 9.01. The molecule has 0 aromatic heterocycles. The first kappa shape index (κ1) is 18.9. The van der Waals surface area contributed by atoms with Crippen molar-refractivity contribution < 1.29 is 13.5 Å². The minimum atomic E-state index is -0.677. The number of benzene rings is 2. The predicted octanol–water partition coefficient (Wildman–Crippen LogP) is 4.74. The van der Waals surface area contributed by atoms with Crippen molar-refractivity contribution in [2.24, 2.45) is 5.73 Å². The Morgan fingerprint density at radius 1 is 1.07 bits per heavy atom. The van der Waals surface area contributed by atoms with E-state index in [9.17, 15) is 8.78 Å². The van der Waals surface area contributed by atoms with Gasteiger partial charge in [0.25, 0.3) is 0 Å². The number of rotatable bonds is 3. The van der Waals surface area contributed by atoms with Gasteiger partial charge in [-0.1, -0.05) is 23.2 Å². The Kier molecular flexibility index (Phi) is 5.30. The fourth-order valence-corrected chi connectivity index (χ4v) is 4.75. The average molecular weight is 413 g/mol. The molecule has 0 spiro atoms. The van der Waals surface area contributed by atoms with E-state index in [-0.39, 0.29) is 17.8 Å². The SMILES string of the molecule is N[C@@H]1CCCN([C@H]2Cc3c(Cl)cc(Cl)cc3[C@@H]2Oc2cc(F)cc(F)c2)C1. The molecule has 27 heavy (non-hydrogen) atoms. The van der Waals surface area contributed by atoms with Crippen LogP contribution in [-0.2, 0) is 6.42 Å². The Labute approximate surface area is 167 Å². The number of likely N-dealkylation sites (tertiary alicyclic amines) is 1. The highest BCUT2D eigenvalue weighted by Crippen LogP contribution is 2.43. The number of nitrogens with two attached hydrogens (primary N) is 1. The molecular weight excluding hydrogens is 393 g/mol. The third-order valence-corrected chi connectivity index (χ3v) is 5.88. The van der Waals surface area contributed by atoms with E-state index in [0.29, 0.717) is 16.5 Å². The summed E-state index contributed by atoms with van der Waals surface area (Å²) in [5.74, 6) is -1.21. The Morgan fingerprint density at radius 2 is 1.81 bits per heavy atom. The van der Waals surface area contributed by atoms with Crippen molar-refractivity contribution in [3.05, 3.63) is 63.1 Å². The van der Waals surface area contributed by atoms with Crippen LogP contribution in [0.25, 0.3) is 0 Å². The zero-order chi connectivity index (χ0) is 19.1. The Morgan fingerprint density at radius 3 is 2.52 bits per heavy atom. The van der Waals surface area contributed by atoms with E-state index in [4.69, 9.17) is 33.7 Å². The van der Waals surface area contributed by atoms with E-state index in [1.165, 1.54) is 12.1 Å². The third-order valence-electron chi connectivity index (χ3n) is 5.32. The Hall–Kier alpha value is -1.40. The highest BCUT2D eigenvalue weighted by molar-refractivity contribution is 6.35. The van der Waals surface area contributed by atoms with Gasteiger partial charge in [0.1, 0.15) is 23.5 Å². The average Bonchev–Trinajstić information content (AvgIpc) is 2.93. The number of piperidine rings is 1. The van der Waals surface area contributed by atoms with E-state index in [0.717, 1.165) is 43.1 Å². The summed E-state index contributed by atoms with van der Waals surface area (Å²) in [7, 11) is 0. The maximum Gasteiger partial charge on any atom is 0.140 e. The van der Waals surface area contributed by atoms with Crippen LogP contribution >= 0.6 is 23.2 Å². The van der Waals surface area contributed by atoms with Crippen LogP contribution in [0.3, 0.4) is 0 Å². The fraction of sp³-hybridized carbons (Fsp3) is 0.400. The number of halogens is 4. The van der Waals surface area contributed by atoms with Crippen molar-refractivity contribution in [1.82, 2.24) is 4.90 Å². The van der Waals surface area contributed by atoms with Crippen LogP contribution < -0.4 is 10.5 Å². The quantitative estimate of drug-likeness (QED) is 0.790. The van der Waals surface area contributed by atoms with Gasteiger partial charge in [-0.3, -0.25) is 4.90 Å². The molecule has 0 unspecified atom stereocenters. The van der Waals surface area contributed by atoms with Crippen LogP contribution in [0.1, 0.15) is 30.1 Å². The van der Waals surface area contributed by atoms with Crippen LogP contribution in [0.15, 0.2) is 30.3 Å². The Balaban J connectivity index is 1.71. The maximum absolute atomic E-state index is 13.6. The molecule has 2 aromatic carbocycles. The smallest absolute Gasteiger partial charge is 0.140 e. The van der Waals surface area contributed by atoms with Crippen LogP contribution in [-0.4, -0.2) is 30.1 Å². The van der Waals surface area contributed by atoms with Gasteiger partial charge < -0.3 is 10.5 Å². The fourth-order valence-electron chi connectivity index (χ4n) is 4.16. The van der Waals surface area contributed by atoms with Gasteiger partial charge >= 0.3 is 0 Å². The van der Waals surface area contributed by atoms with Gasteiger partial charge in [-0.25, -0.2) is 8.78 Å². The van der Waals surface area contributed by atoms with Gasteiger partial charge in [0.2, 0.25) is 0 Å². The summed E-state index contributed by atoms with van der Waals surface area (Å²) in [6, 6.07) is 6.82. The van der Waals surface area contributed by atoms with E-state index in [2.05, 4.69) is 4.90 Å². The van der Waals surface area contributed by atoms with E-state index in [1.54, 1.807) is 6.07 Å². The monoisotopic (exact) mass is 412 g/mol. The van der Waals surface area contributed by atoms with Crippen molar-refractivity contribution in [3.63, 3.8) is 0 Å². The Bertz CT molecular complexity index is 844. The minimum Gasteiger partial charge on any atom is -0.484 e. The maximum atomic E-state index is 13.6. The molecule has 144 valence electrons. The summed E-state index contributed by atoms with van der Waals surface area (Å²) in [4.78, 5) is 2.29. The molecule has 3 nitrogen and oxygen atoms in total. The number of fused-ring (bicyclic) bond motifs is 1. The highest BCUT2D eigenvalue weighted by atomic mass is 35.5. The molecule has 4 rings (SSSR count). The van der Waals surface area contributed by atoms with Gasteiger partial charge in [-0.2, -0.15) is 0 Å². The summed E-state index contributed by atoms with van der Waals surface area (Å²) in [5, 5.41) is 1.09.